The first kappa shape index (κ1) is 10.3. The number of benzene rings is 1. The molecule has 1 amide bonds. The number of rotatable bonds is 3. The smallest absolute Gasteiger partial charge is 0.225 e. The average molecular weight is 229 g/mol. The molecule has 1 aliphatic carbocycles. The van der Waals surface area contributed by atoms with Crippen LogP contribution in [0.1, 0.15) is 25.7 Å². The lowest BCUT2D eigenvalue weighted by molar-refractivity contribution is -0.117. The van der Waals surface area contributed by atoms with E-state index in [-0.39, 0.29) is 5.91 Å². The number of nitrogens with zero attached hydrogens (tertiary/aromatic N) is 1. The predicted octanol–water partition coefficient (Wildman–Crippen LogP) is 2.69. The molecule has 1 aliphatic rings. The summed E-state index contributed by atoms with van der Waals surface area (Å²) in [6, 6.07) is 7.79. The van der Waals surface area contributed by atoms with E-state index in [0.29, 0.717) is 18.2 Å². The van der Waals surface area contributed by atoms with Crippen LogP contribution in [0.4, 0.5) is 5.82 Å². The van der Waals surface area contributed by atoms with Gasteiger partial charge in [0, 0.05) is 11.8 Å². The van der Waals surface area contributed by atoms with Crippen LogP contribution in [0, 0.1) is 5.92 Å². The van der Waals surface area contributed by atoms with Crippen LogP contribution in [0.5, 0.6) is 0 Å². The third-order valence-electron chi connectivity index (χ3n) is 3.43. The Labute approximate surface area is 99.4 Å². The molecule has 88 valence electrons. The highest BCUT2D eigenvalue weighted by Crippen LogP contribution is 2.29. The van der Waals surface area contributed by atoms with E-state index in [1.54, 1.807) is 0 Å². The second-order valence-corrected chi connectivity index (χ2v) is 4.67. The zero-order valence-electron chi connectivity index (χ0n) is 9.57. The first-order chi connectivity index (χ1) is 8.33. The van der Waals surface area contributed by atoms with Crippen molar-refractivity contribution in [3.05, 3.63) is 24.3 Å². The molecule has 0 aliphatic heterocycles. The van der Waals surface area contributed by atoms with Crippen LogP contribution in [0.3, 0.4) is 0 Å². The molecule has 2 N–H and O–H groups in total. The van der Waals surface area contributed by atoms with Gasteiger partial charge in [-0.25, -0.2) is 0 Å². The van der Waals surface area contributed by atoms with Crippen LogP contribution in [-0.4, -0.2) is 16.1 Å². The maximum atomic E-state index is 11.8. The molecule has 4 heteroatoms. The molecular weight excluding hydrogens is 214 g/mol. The fourth-order valence-corrected chi connectivity index (χ4v) is 2.20. The van der Waals surface area contributed by atoms with E-state index in [2.05, 4.69) is 15.5 Å². The number of anilines is 1. The highest BCUT2D eigenvalue weighted by molar-refractivity contribution is 5.99. The molecular formula is C13H15N3O. The van der Waals surface area contributed by atoms with Gasteiger partial charge in [-0.3, -0.25) is 9.89 Å². The van der Waals surface area contributed by atoms with Crippen molar-refractivity contribution in [2.75, 3.05) is 5.32 Å². The van der Waals surface area contributed by atoms with E-state index in [0.717, 1.165) is 10.9 Å². The van der Waals surface area contributed by atoms with E-state index in [4.69, 9.17) is 0 Å². The summed E-state index contributed by atoms with van der Waals surface area (Å²) in [5, 5.41) is 10.9. The van der Waals surface area contributed by atoms with Crippen LogP contribution >= 0.6 is 0 Å². The molecule has 0 radical (unpaired) electrons. The molecule has 1 saturated carbocycles. The Morgan fingerprint density at radius 1 is 1.41 bits per heavy atom. The zero-order chi connectivity index (χ0) is 11.7. The van der Waals surface area contributed by atoms with Gasteiger partial charge in [-0.05, 0) is 30.9 Å². The van der Waals surface area contributed by atoms with Gasteiger partial charge in [0.1, 0.15) is 0 Å². The Balaban J connectivity index is 1.73. The van der Waals surface area contributed by atoms with Crippen molar-refractivity contribution in [2.24, 2.45) is 5.92 Å². The number of para-hydroxylation sites is 1. The van der Waals surface area contributed by atoms with Crippen molar-refractivity contribution in [1.29, 1.82) is 0 Å². The van der Waals surface area contributed by atoms with Gasteiger partial charge in [0.2, 0.25) is 5.91 Å². The molecule has 2 aromatic rings. The summed E-state index contributed by atoms with van der Waals surface area (Å²) in [5.74, 6) is 1.30. The third-order valence-corrected chi connectivity index (χ3v) is 3.43. The van der Waals surface area contributed by atoms with Crippen molar-refractivity contribution in [1.82, 2.24) is 10.2 Å². The maximum absolute atomic E-state index is 11.8. The molecule has 1 aromatic heterocycles. The summed E-state index contributed by atoms with van der Waals surface area (Å²) in [7, 11) is 0. The highest BCUT2D eigenvalue weighted by atomic mass is 16.1. The number of carbonyl (C=O) groups excluding carboxylic acids is 1. The van der Waals surface area contributed by atoms with Crippen LogP contribution in [0.15, 0.2) is 24.3 Å². The third kappa shape index (κ3) is 2.02. The monoisotopic (exact) mass is 229 g/mol. The minimum Gasteiger partial charge on any atom is -0.309 e. The van der Waals surface area contributed by atoms with Crippen molar-refractivity contribution in [3.8, 4) is 0 Å². The Morgan fingerprint density at radius 3 is 3.00 bits per heavy atom. The summed E-state index contributed by atoms with van der Waals surface area (Å²) in [4.78, 5) is 11.8. The van der Waals surface area contributed by atoms with E-state index < -0.39 is 0 Å². The van der Waals surface area contributed by atoms with Gasteiger partial charge in [0.25, 0.3) is 0 Å². The maximum Gasteiger partial charge on any atom is 0.225 e. The minimum atomic E-state index is 0.0759. The average Bonchev–Trinajstić information content (AvgIpc) is 2.68. The van der Waals surface area contributed by atoms with Crippen molar-refractivity contribution in [3.63, 3.8) is 0 Å². The van der Waals surface area contributed by atoms with E-state index >= 15 is 0 Å². The molecule has 4 nitrogen and oxygen atoms in total. The number of nitrogens with one attached hydrogen (secondary N) is 2. The fraction of sp³-hybridized carbons (Fsp3) is 0.385. The summed E-state index contributed by atoms with van der Waals surface area (Å²) >= 11 is 0. The number of aromatic nitrogens is 2. The van der Waals surface area contributed by atoms with Gasteiger partial charge in [-0.1, -0.05) is 18.6 Å². The highest BCUT2D eigenvalue weighted by Gasteiger charge is 2.21. The summed E-state index contributed by atoms with van der Waals surface area (Å²) in [6.07, 6.45) is 4.27. The van der Waals surface area contributed by atoms with Crippen LogP contribution < -0.4 is 5.32 Å². The Morgan fingerprint density at radius 2 is 2.24 bits per heavy atom. The van der Waals surface area contributed by atoms with Crippen LogP contribution in [-0.2, 0) is 4.79 Å². The minimum absolute atomic E-state index is 0.0759. The summed E-state index contributed by atoms with van der Waals surface area (Å²) < 4.78 is 0. The van der Waals surface area contributed by atoms with Gasteiger partial charge in [-0.15, -0.1) is 0 Å². The Bertz CT molecular complexity index is 542. The Hall–Kier alpha value is -1.84. The SMILES string of the molecule is O=C(CC1CCC1)Nc1n[nH]c2ccccc12. The summed E-state index contributed by atoms with van der Waals surface area (Å²) in [6.45, 7) is 0. The van der Waals surface area contributed by atoms with Crippen molar-refractivity contribution < 1.29 is 4.79 Å². The summed E-state index contributed by atoms with van der Waals surface area (Å²) in [5.41, 5.74) is 0.950. The molecule has 1 fully saturated rings. The van der Waals surface area contributed by atoms with Crippen LogP contribution in [0.25, 0.3) is 10.9 Å². The van der Waals surface area contributed by atoms with Gasteiger partial charge >= 0.3 is 0 Å². The normalized spacial score (nSPS) is 15.8. The Kier molecular flexibility index (Phi) is 2.55. The van der Waals surface area contributed by atoms with Gasteiger partial charge in [0.05, 0.1) is 5.52 Å². The quantitative estimate of drug-likeness (QED) is 0.850. The molecule has 0 saturated heterocycles. The molecule has 17 heavy (non-hydrogen) atoms. The van der Waals surface area contributed by atoms with Crippen LogP contribution in [0.2, 0.25) is 0 Å². The number of H-pyrrole nitrogens is 1. The van der Waals surface area contributed by atoms with E-state index in [1.165, 1.54) is 19.3 Å². The standard InChI is InChI=1S/C13H15N3O/c17-12(8-9-4-3-5-9)14-13-10-6-1-2-7-11(10)15-16-13/h1-2,6-7,9H,3-5,8H2,(H2,14,15,16,17). The van der Waals surface area contributed by atoms with Gasteiger partial charge < -0.3 is 5.32 Å². The van der Waals surface area contributed by atoms with E-state index in [9.17, 15) is 4.79 Å². The molecule has 3 rings (SSSR count). The van der Waals surface area contributed by atoms with Crippen molar-refractivity contribution >= 4 is 22.6 Å². The number of aromatic amines is 1. The molecule has 1 heterocycles. The molecule has 0 bridgehead atoms. The van der Waals surface area contributed by atoms with E-state index in [1.807, 2.05) is 24.3 Å². The molecule has 0 spiro atoms. The molecule has 0 atom stereocenters. The van der Waals surface area contributed by atoms with Gasteiger partial charge in [-0.2, -0.15) is 5.10 Å². The second-order valence-electron chi connectivity index (χ2n) is 4.67. The zero-order valence-corrected chi connectivity index (χ0v) is 9.57. The largest absolute Gasteiger partial charge is 0.309 e. The van der Waals surface area contributed by atoms with Crippen molar-refractivity contribution in [2.45, 2.75) is 25.7 Å². The number of hydrogen-bond donors (Lipinski definition) is 2. The second kappa shape index (κ2) is 4.20. The first-order valence-electron chi connectivity index (χ1n) is 6.06. The number of carbonyl (C=O) groups is 1. The number of hydrogen-bond acceptors (Lipinski definition) is 2. The molecule has 1 aromatic carbocycles. The van der Waals surface area contributed by atoms with Gasteiger partial charge in [0.15, 0.2) is 5.82 Å². The lowest BCUT2D eigenvalue weighted by Gasteiger charge is -2.24. The topological polar surface area (TPSA) is 57.8 Å². The predicted molar refractivity (Wildman–Crippen MR) is 66.7 cm³/mol. The first-order valence-corrected chi connectivity index (χ1v) is 6.06. The number of amides is 1. The molecule has 0 unspecified atom stereocenters. The number of fused-ring (bicyclic) bond motifs is 1. The lowest BCUT2D eigenvalue weighted by atomic mass is 9.83. The lowest BCUT2D eigenvalue weighted by Crippen LogP contribution is -2.21. The fourth-order valence-electron chi connectivity index (χ4n) is 2.20.